The van der Waals surface area contributed by atoms with Crippen molar-refractivity contribution in [2.24, 2.45) is 4.99 Å². The molecule has 26 heavy (non-hydrogen) atoms. The number of nitrogens with one attached hydrogen (secondary N) is 1. The number of ether oxygens (including phenoxy) is 1. The van der Waals surface area contributed by atoms with E-state index < -0.39 is 0 Å². The second-order valence-corrected chi connectivity index (χ2v) is 6.30. The Labute approximate surface area is 176 Å². The minimum absolute atomic E-state index is 0. The first-order valence-corrected chi connectivity index (χ1v) is 8.94. The molecule has 1 N–H and O–H groups in total. The van der Waals surface area contributed by atoms with E-state index in [2.05, 4.69) is 61.9 Å². The van der Waals surface area contributed by atoms with Crippen molar-refractivity contribution < 1.29 is 4.74 Å². The van der Waals surface area contributed by atoms with Crippen LogP contribution < -0.4 is 10.1 Å². The summed E-state index contributed by atoms with van der Waals surface area (Å²) in [5.41, 5.74) is 1.21. The largest absolute Gasteiger partial charge is 0.497 e. The molecule has 0 amide bonds. The van der Waals surface area contributed by atoms with Crippen molar-refractivity contribution in [3.63, 3.8) is 0 Å². The smallest absolute Gasteiger partial charge is 0.193 e. The minimum Gasteiger partial charge on any atom is -0.497 e. The zero-order valence-corrected chi connectivity index (χ0v) is 19.2. The van der Waals surface area contributed by atoms with E-state index in [1.807, 2.05) is 18.2 Å². The normalized spacial score (nSPS) is 12.3. The molecule has 148 valence electrons. The van der Waals surface area contributed by atoms with Crippen LogP contribution in [0.25, 0.3) is 0 Å². The van der Waals surface area contributed by atoms with Gasteiger partial charge >= 0.3 is 0 Å². The third kappa shape index (κ3) is 8.40. The van der Waals surface area contributed by atoms with Gasteiger partial charge in [0.15, 0.2) is 5.96 Å². The molecule has 0 bridgehead atoms. The van der Waals surface area contributed by atoms with Crippen molar-refractivity contribution in [3.8, 4) is 5.75 Å². The van der Waals surface area contributed by atoms with Gasteiger partial charge in [0, 0.05) is 20.1 Å². The molecule has 1 aromatic carbocycles. The second-order valence-electron chi connectivity index (χ2n) is 6.30. The maximum Gasteiger partial charge on any atom is 0.193 e. The first-order valence-electron chi connectivity index (χ1n) is 8.94. The van der Waals surface area contributed by atoms with Crippen molar-refractivity contribution in [3.05, 3.63) is 42.5 Å². The van der Waals surface area contributed by atoms with E-state index in [0.717, 1.165) is 37.6 Å². The van der Waals surface area contributed by atoms with Crippen LogP contribution in [0.4, 0.5) is 0 Å². The number of likely N-dealkylation sites (N-methyl/N-ethyl adjacent to an activating group) is 1. The number of hydrogen-bond donors (Lipinski definition) is 1. The lowest BCUT2D eigenvalue weighted by Crippen LogP contribution is -2.40. The van der Waals surface area contributed by atoms with Gasteiger partial charge in [0.1, 0.15) is 5.75 Å². The Balaban J connectivity index is 0.00000625. The lowest BCUT2D eigenvalue weighted by molar-refractivity contribution is 0.304. The standard InChI is InChI=1S/C20H34N4O.HI/c1-7-9-10-14-24(5)20(21-8-2)22-16-19(23(3)4)17-12-11-13-18(15-17)25-6;/h7,11-13,15,19H,1,8-10,14,16H2,2-6H3,(H,21,22);1H. The highest BCUT2D eigenvalue weighted by Gasteiger charge is 2.15. The summed E-state index contributed by atoms with van der Waals surface area (Å²) in [6, 6.07) is 8.41. The van der Waals surface area contributed by atoms with Crippen LogP contribution in [0, 0.1) is 0 Å². The molecule has 1 rings (SSSR count). The first kappa shape index (κ1) is 24.7. The van der Waals surface area contributed by atoms with Crippen molar-refractivity contribution in [2.45, 2.75) is 25.8 Å². The minimum atomic E-state index is 0. The number of rotatable bonds is 10. The number of halogens is 1. The number of allylic oxidation sites excluding steroid dienone is 1. The Morgan fingerprint density at radius 3 is 2.65 bits per heavy atom. The lowest BCUT2D eigenvalue weighted by Gasteiger charge is -2.26. The number of benzene rings is 1. The highest BCUT2D eigenvalue weighted by atomic mass is 127. The molecule has 0 saturated carbocycles. The number of nitrogens with zero attached hydrogens (tertiary/aromatic N) is 3. The van der Waals surface area contributed by atoms with Crippen LogP contribution in [0.1, 0.15) is 31.4 Å². The number of methoxy groups -OCH3 is 1. The van der Waals surface area contributed by atoms with Crippen molar-refractivity contribution in [1.29, 1.82) is 0 Å². The average molecular weight is 474 g/mol. The molecule has 0 aliphatic carbocycles. The number of unbranched alkanes of at least 4 members (excludes halogenated alkanes) is 1. The van der Waals surface area contributed by atoms with Gasteiger partial charge in [-0.3, -0.25) is 4.99 Å². The van der Waals surface area contributed by atoms with E-state index in [0.29, 0.717) is 6.54 Å². The average Bonchev–Trinajstić information content (AvgIpc) is 2.61. The molecule has 0 aliphatic rings. The molecule has 0 radical (unpaired) electrons. The molecule has 0 aliphatic heterocycles. The van der Waals surface area contributed by atoms with Gasteiger partial charge in [0.05, 0.1) is 19.7 Å². The molecule has 0 fully saturated rings. The molecule has 5 nitrogen and oxygen atoms in total. The van der Waals surface area contributed by atoms with Gasteiger partial charge in [0.2, 0.25) is 0 Å². The van der Waals surface area contributed by atoms with Crippen LogP contribution in [0.2, 0.25) is 0 Å². The fourth-order valence-electron chi connectivity index (χ4n) is 2.64. The van der Waals surface area contributed by atoms with Crippen molar-refractivity contribution >= 4 is 29.9 Å². The van der Waals surface area contributed by atoms with Crippen LogP contribution in [0.15, 0.2) is 41.9 Å². The summed E-state index contributed by atoms with van der Waals surface area (Å²) in [6.07, 6.45) is 4.06. The number of guanidine groups is 1. The molecular formula is C20H35IN4O. The number of hydrogen-bond acceptors (Lipinski definition) is 3. The Kier molecular flexibility index (Phi) is 13.2. The van der Waals surface area contributed by atoms with Crippen LogP contribution in [0.3, 0.4) is 0 Å². The second kappa shape index (κ2) is 13.9. The van der Waals surface area contributed by atoms with Crippen LogP contribution >= 0.6 is 24.0 Å². The van der Waals surface area contributed by atoms with E-state index in [1.165, 1.54) is 5.56 Å². The zero-order valence-electron chi connectivity index (χ0n) is 16.9. The van der Waals surface area contributed by atoms with Gasteiger partial charge in [-0.25, -0.2) is 0 Å². The van der Waals surface area contributed by atoms with Gasteiger partial charge < -0.3 is 19.9 Å². The van der Waals surface area contributed by atoms with Crippen molar-refractivity contribution in [2.75, 3.05) is 47.9 Å². The van der Waals surface area contributed by atoms with Crippen molar-refractivity contribution in [1.82, 2.24) is 15.1 Å². The Morgan fingerprint density at radius 1 is 1.35 bits per heavy atom. The topological polar surface area (TPSA) is 40.1 Å². The molecular weight excluding hydrogens is 439 g/mol. The third-order valence-corrected chi connectivity index (χ3v) is 4.11. The maximum absolute atomic E-state index is 5.36. The molecule has 1 aromatic rings. The molecule has 0 heterocycles. The highest BCUT2D eigenvalue weighted by Crippen LogP contribution is 2.23. The summed E-state index contributed by atoms with van der Waals surface area (Å²) in [6.45, 7) is 8.39. The lowest BCUT2D eigenvalue weighted by atomic mass is 10.1. The van der Waals surface area contributed by atoms with Gasteiger partial charge in [-0.15, -0.1) is 30.6 Å². The van der Waals surface area contributed by atoms with Crippen LogP contribution in [-0.4, -0.2) is 63.6 Å². The van der Waals surface area contributed by atoms with E-state index in [-0.39, 0.29) is 30.0 Å². The number of aliphatic imine (C=N–C) groups is 1. The van der Waals surface area contributed by atoms with E-state index in [9.17, 15) is 0 Å². The zero-order chi connectivity index (χ0) is 18.7. The molecule has 0 aromatic heterocycles. The SMILES string of the molecule is C=CCCCN(C)C(=NCC(c1cccc(OC)c1)N(C)C)NCC.I. The quantitative estimate of drug-likeness (QED) is 0.184. The molecule has 1 atom stereocenters. The summed E-state index contributed by atoms with van der Waals surface area (Å²) in [5, 5.41) is 3.38. The Bertz CT molecular complexity index is 548. The van der Waals surface area contributed by atoms with Gasteiger partial charge in [-0.2, -0.15) is 0 Å². The molecule has 0 spiro atoms. The fourth-order valence-corrected chi connectivity index (χ4v) is 2.64. The predicted octanol–water partition coefficient (Wildman–Crippen LogP) is 3.78. The van der Waals surface area contributed by atoms with E-state index in [1.54, 1.807) is 7.11 Å². The summed E-state index contributed by atoms with van der Waals surface area (Å²) in [7, 11) is 7.95. The predicted molar refractivity (Wildman–Crippen MR) is 123 cm³/mol. The van der Waals surface area contributed by atoms with Gasteiger partial charge in [-0.1, -0.05) is 18.2 Å². The summed E-state index contributed by atoms with van der Waals surface area (Å²) in [4.78, 5) is 9.25. The Hall–Kier alpha value is -1.28. The highest BCUT2D eigenvalue weighted by molar-refractivity contribution is 14.0. The van der Waals surface area contributed by atoms with Gasteiger partial charge in [0.25, 0.3) is 0 Å². The van der Waals surface area contributed by atoms with E-state index >= 15 is 0 Å². The maximum atomic E-state index is 5.36. The molecule has 6 heteroatoms. The molecule has 1 unspecified atom stereocenters. The first-order chi connectivity index (χ1) is 12.0. The molecule has 0 saturated heterocycles. The van der Waals surface area contributed by atoms with E-state index in [4.69, 9.17) is 9.73 Å². The van der Waals surface area contributed by atoms with Crippen LogP contribution in [0.5, 0.6) is 5.75 Å². The summed E-state index contributed by atoms with van der Waals surface area (Å²) < 4.78 is 5.36. The third-order valence-electron chi connectivity index (χ3n) is 4.11. The van der Waals surface area contributed by atoms with Crippen LogP contribution in [-0.2, 0) is 0 Å². The Morgan fingerprint density at radius 2 is 2.08 bits per heavy atom. The monoisotopic (exact) mass is 474 g/mol. The summed E-state index contributed by atoms with van der Waals surface area (Å²) >= 11 is 0. The van der Waals surface area contributed by atoms with Gasteiger partial charge in [-0.05, 0) is 51.6 Å². The summed E-state index contributed by atoms with van der Waals surface area (Å²) in [5.74, 6) is 1.82. The fraction of sp³-hybridized carbons (Fsp3) is 0.550.